The molecule has 9 heteroatoms. The highest BCUT2D eigenvalue weighted by Crippen LogP contribution is 2.21. The van der Waals surface area contributed by atoms with Gasteiger partial charge in [-0.05, 0) is 43.2 Å². The highest BCUT2D eigenvalue weighted by Gasteiger charge is 2.14. The summed E-state index contributed by atoms with van der Waals surface area (Å²) in [4.78, 5) is 46.3. The van der Waals surface area contributed by atoms with E-state index in [1.807, 2.05) is 6.92 Å². The molecule has 0 aliphatic rings. The van der Waals surface area contributed by atoms with E-state index in [-0.39, 0.29) is 30.0 Å². The van der Waals surface area contributed by atoms with Crippen molar-refractivity contribution in [1.29, 1.82) is 0 Å². The number of benzene rings is 2. The van der Waals surface area contributed by atoms with Gasteiger partial charge in [0.1, 0.15) is 5.75 Å². The predicted molar refractivity (Wildman–Crippen MR) is 113 cm³/mol. The van der Waals surface area contributed by atoms with Gasteiger partial charge in [0.25, 0.3) is 11.6 Å². The van der Waals surface area contributed by atoms with Crippen LogP contribution in [-0.2, 0) is 14.3 Å². The lowest BCUT2D eigenvalue weighted by atomic mass is 10.1. The van der Waals surface area contributed by atoms with Crippen molar-refractivity contribution in [3.05, 3.63) is 63.7 Å². The predicted octanol–water partition coefficient (Wildman–Crippen LogP) is 3.84. The van der Waals surface area contributed by atoms with Gasteiger partial charge in [-0.25, -0.2) is 0 Å². The molecule has 0 bridgehead atoms. The fourth-order valence-electron chi connectivity index (χ4n) is 2.58. The standard InChI is InChI=1S/C22H24N2O7/c1-3-12-30-18-8-5-16(6-9-18)20(25)10-11-22(27)31-14-21(26)23-19-13-17(24(28)29)7-4-15(19)2/h4-9,13H,3,10-12,14H2,1-2H3,(H,23,26). The number of Topliss-reactive ketones (excluding diaryl/α,β-unsaturated/α-hetero) is 1. The topological polar surface area (TPSA) is 125 Å². The fraction of sp³-hybridized carbons (Fsp3) is 0.318. The van der Waals surface area contributed by atoms with Crippen molar-refractivity contribution in [3.8, 4) is 5.75 Å². The number of carbonyl (C=O) groups excluding carboxylic acids is 3. The number of hydrogen-bond acceptors (Lipinski definition) is 7. The number of nitro benzene ring substituents is 1. The highest BCUT2D eigenvalue weighted by molar-refractivity contribution is 5.98. The molecule has 0 saturated heterocycles. The summed E-state index contributed by atoms with van der Waals surface area (Å²) in [5, 5.41) is 13.3. The van der Waals surface area contributed by atoms with Crippen LogP contribution in [0.3, 0.4) is 0 Å². The van der Waals surface area contributed by atoms with Gasteiger partial charge in [-0.15, -0.1) is 0 Å². The number of ketones is 1. The molecular formula is C22H24N2O7. The molecule has 1 amide bonds. The molecule has 0 atom stereocenters. The molecule has 0 heterocycles. The maximum atomic E-state index is 12.2. The van der Waals surface area contributed by atoms with Gasteiger partial charge in [0.15, 0.2) is 12.4 Å². The lowest BCUT2D eigenvalue weighted by molar-refractivity contribution is -0.384. The Morgan fingerprint density at radius 1 is 1.06 bits per heavy atom. The monoisotopic (exact) mass is 428 g/mol. The van der Waals surface area contributed by atoms with Crippen LogP contribution in [0, 0.1) is 17.0 Å². The Balaban J connectivity index is 1.77. The lowest BCUT2D eigenvalue weighted by Crippen LogP contribution is -2.21. The summed E-state index contributed by atoms with van der Waals surface area (Å²) in [6.45, 7) is 3.71. The molecule has 0 radical (unpaired) electrons. The van der Waals surface area contributed by atoms with E-state index in [9.17, 15) is 24.5 Å². The summed E-state index contributed by atoms with van der Waals surface area (Å²) in [6, 6.07) is 10.7. The third-order valence-electron chi connectivity index (χ3n) is 4.28. The average Bonchev–Trinajstić information content (AvgIpc) is 2.76. The van der Waals surface area contributed by atoms with E-state index in [1.54, 1.807) is 31.2 Å². The first-order chi connectivity index (χ1) is 14.8. The van der Waals surface area contributed by atoms with Gasteiger partial charge >= 0.3 is 5.97 Å². The van der Waals surface area contributed by atoms with Crippen LogP contribution in [0.15, 0.2) is 42.5 Å². The molecular weight excluding hydrogens is 404 g/mol. The van der Waals surface area contributed by atoms with Crippen LogP contribution in [0.5, 0.6) is 5.75 Å². The van der Waals surface area contributed by atoms with Gasteiger partial charge in [0.2, 0.25) is 0 Å². The molecule has 0 aliphatic carbocycles. The molecule has 2 aromatic rings. The first-order valence-corrected chi connectivity index (χ1v) is 9.76. The summed E-state index contributed by atoms with van der Waals surface area (Å²) >= 11 is 0. The normalized spacial score (nSPS) is 10.3. The number of nitro groups is 1. The number of anilines is 1. The number of nitrogens with zero attached hydrogens (tertiary/aromatic N) is 1. The van der Waals surface area contributed by atoms with E-state index in [0.717, 1.165) is 6.42 Å². The number of non-ortho nitro benzene ring substituents is 1. The third kappa shape index (κ3) is 7.54. The number of hydrogen-bond donors (Lipinski definition) is 1. The van der Waals surface area contributed by atoms with Crippen molar-refractivity contribution in [2.24, 2.45) is 0 Å². The molecule has 9 nitrogen and oxygen atoms in total. The minimum absolute atomic E-state index is 0.0559. The summed E-state index contributed by atoms with van der Waals surface area (Å²) in [5.74, 6) is -0.883. The van der Waals surface area contributed by atoms with Gasteiger partial charge in [-0.2, -0.15) is 0 Å². The number of esters is 1. The van der Waals surface area contributed by atoms with Gasteiger partial charge in [-0.3, -0.25) is 24.5 Å². The third-order valence-corrected chi connectivity index (χ3v) is 4.28. The van der Waals surface area contributed by atoms with E-state index >= 15 is 0 Å². The first-order valence-electron chi connectivity index (χ1n) is 9.76. The molecule has 1 N–H and O–H groups in total. The van der Waals surface area contributed by atoms with Crippen molar-refractivity contribution in [2.75, 3.05) is 18.5 Å². The molecule has 0 spiro atoms. The number of amides is 1. The Kier molecular flexibility index (Phi) is 8.68. The second-order valence-corrected chi connectivity index (χ2v) is 6.76. The number of carbonyl (C=O) groups is 3. The zero-order valence-corrected chi connectivity index (χ0v) is 17.4. The van der Waals surface area contributed by atoms with E-state index in [0.29, 0.717) is 23.5 Å². The number of rotatable bonds is 11. The van der Waals surface area contributed by atoms with Gasteiger partial charge in [0, 0.05) is 24.1 Å². The Morgan fingerprint density at radius 3 is 2.42 bits per heavy atom. The quantitative estimate of drug-likeness (QED) is 0.249. The van der Waals surface area contributed by atoms with E-state index in [2.05, 4.69) is 5.32 Å². The summed E-state index contributed by atoms with van der Waals surface area (Å²) in [7, 11) is 0. The maximum absolute atomic E-state index is 12.2. The number of nitrogens with one attached hydrogen (secondary N) is 1. The maximum Gasteiger partial charge on any atom is 0.306 e. The molecule has 0 unspecified atom stereocenters. The van der Waals surface area contributed by atoms with Gasteiger partial charge in [0.05, 0.1) is 23.6 Å². The molecule has 2 aromatic carbocycles. The smallest absolute Gasteiger partial charge is 0.306 e. The largest absolute Gasteiger partial charge is 0.494 e. The van der Waals surface area contributed by atoms with Crippen molar-refractivity contribution < 1.29 is 28.8 Å². The SMILES string of the molecule is CCCOc1ccc(C(=O)CCC(=O)OCC(=O)Nc2cc([N+](=O)[O-])ccc2C)cc1. The fourth-order valence-corrected chi connectivity index (χ4v) is 2.58. The second kappa shape index (κ2) is 11.4. The Hall–Kier alpha value is -3.75. The van der Waals surface area contributed by atoms with E-state index in [4.69, 9.17) is 9.47 Å². The van der Waals surface area contributed by atoms with Crippen molar-refractivity contribution in [1.82, 2.24) is 0 Å². The zero-order valence-electron chi connectivity index (χ0n) is 17.4. The zero-order chi connectivity index (χ0) is 22.8. The van der Waals surface area contributed by atoms with Crippen molar-refractivity contribution >= 4 is 29.0 Å². The van der Waals surface area contributed by atoms with E-state index < -0.39 is 23.4 Å². The number of ether oxygens (including phenoxy) is 2. The van der Waals surface area contributed by atoms with Crippen molar-refractivity contribution in [2.45, 2.75) is 33.1 Å². The van der Waals surface area contributed by atoms with Crippen molar-refractivity contribution in [3.63, 3.8) is 0 Å². The van der Waals surface area contributed by atoms with Crippen LogP contribution in [-0.4, -0.2) is 35.8 Å². The number of aryl methyl sites for hydroxylation is 1. The molecule has 31 heavy (non-hydrogen) atoms. The van der Waals surface area contributed by atoms with Crippen LogP contribution in [0.4, 0.5) is 11.4 Å². The Morgan fingerprint density at radius 2 is 1.77 bits per heavy atom. The molecule has 2 rings (SSSR count). The summed E-state index contributed by atoms with van der Waals surface area (Å²) in [6.07, 6.45) is 0.654. The molecule has 0 aromatic heterocycles. The van der Waals surface area contributed by atoms with Crippen LogP contribution in [0.1, 0.15) is 42.1 Å². The Labute approximate surface area is 179 Å². The van der Waals surface area contributed by atoms with Crippen LogP contribution >= 0.6 is 0 Å². The van der Waals surface area contributed by atoms with Crippen LogP contribution in [0.25, 0.3) is 0 Å². The van der Waals surface area contributed by atoms with Gasteiger partial charge < -0.3 is 14.8 Å². The molecule has 0 aliphatic heterocycles. The van der Waals surface area contributed by atoms with Gasteiger partial charge in [-0.1, -0.05) is 13.0 Å². The average molecular weight is 428 g/mol. The molecule has 164 valence electrons. The molecule has 0 saturated carbocycles. The minimum atomic E-state index is -0.692. The first kappa shape index (κ1) is 23.5. The molecule has 0 fully saturated rings. The van der Waals surface area contributed by atoms with Crippen LogP contribution in [0.2, 0.25) is 0 Å². The summed E-state index contributed by atoms with van der Waals surface area (Å²) in [5.41, 5.74) is 1.18. The Bertz CT molecular complexity index is 955. The minimum Gasteiger partial charge on any atom is -0.494 e. The summed E-state index contributed by atoms with van der Waals surface area (Å²) < 4.78 is 10.3. The lowest BCUT2D eigenvalue weighted by Gasteiger charge is -2.09. The second-order valence-electron chi connectivity index (χ2n) is 6.76. The van der Waals surface area contributed by atoms with Crippen LogP contribution < -0.4 is 10.1 Å². The highest BCUT2D eigenvalue weighted by atomic mass is 16.6. The van der Waals surface area contributed by atoms with E-state index in [1.165, 1.54) is 18.2 Å².